The van der Waals surface area contributed by atoms with Gasteiger partial charge < -0.3 is 14.6 Å². The Morgan fingerprint density at radius 3 is 3.09 bits per heavy atom. The molecular weight excluding hydrogens is 290 g/mol. The molecular formula is C18H25N3O2. The number of carbonyl (C=O) groups excluding carboxylic acids is 1. The summed E-state index contributed by atoms with van der Waals surface area (Å²) < 4.78 is 7.87. The molecule has 1 aromatic heterocycles. The van der Waals surface area contributed by atoms with Gasteiger partial charge in [0.2, 0.25) is 5.91 Å². The van der Waals surface area contributed by atoms with Crippen LogP contribution in [-0.2, 0) is 16.1 Å². The lowest BCUT2D eigenvalue weighted by Crippen LogP contribution is -2.42. The van der Waals surface area contributed by atoms with Crippen molar-refractivity contribution in [1.29, 1.82) is 0 Å². The molecule has 23 heavy (non-hydrogen) atoms. The second-order valence-corrected chi connectivity index (χ2v) is 6.16. The van der Waals surface area contributed by atoms with E-state index in [0.717, 1.165) is 49.3 Å². The summed E-state index contributed by atoms with van der Waals surface area (Å²) in [6.07, 6.45) is 2.86. The Bertz CT molecular complexity index is 680. The number of carbonyl (C=O) groups is 1. The van der Waals surface area contributed by atoms with Gasteiger partial charge in [0.05, 0.1) is 23.1 Å². The van der Waals surface area contributed by atoms with Crippen LogP contribution in [-0.4, -0.2) is 34.7 Å². The van der Waals surface area contributed by atoms with E-state index in [4.69, 9.17) is 4.74 Å². The summed E-state index contributed by atoms with van der Waals surface area (Å²) in [5.41, 5.74) is 2.12. The maximum atomic E-state index is 12.4. The van der Waals surface area contributed by atoms with Gasteiger partial charge in [0.1, 0.15) is 5.82 Å². The van der Waals surface area contributed by atoms with Gasteiger partial charge in [0.15, 0.2) is 0 Å². The van der Waals surface area contributed by atoms with Crippen LogP contribution < -0.4 is 5.32 Å². The topological polar surface area (TPSA) is 56.1 Å². The van der Waals surface area contributed by atoms with Crippen molar-refractivity contribution >= 4 is 16.9 Å². The third kappa shape index (κ3) is 3.39. The summed E-state index contributed by atoms with van der Waals surface area (Å²) in [6, 6.07) is 8.10. The van der Waals surface area contributed by atoms with Crippen molar-refractivity contribution in [2.45, 2.75) is 45.8 Å². The highest BCUT2D eigenvalue weighted by atomic mass is 16.5. The molecule has 1 N–H and O–H groups in total. The Hall–Kier alpha value is -1.88. The Morgan fingerprint density at radius 1 is 1.43 bits per heavy atom. The number of fused-ring (bicyclic) bond motifs is 1. The Morgan fingerprint density at radius 2 is 2.26 bits per heavy atom. The van der Waals surface area contributed by atoms with Crippen LogP contribution in [0.4, 0.5) is 0 Å². The van der Waals surface area contributed by atoms with Crippen LogP contribution in [0.15, 0.2) is 24.3 Å². The standard InChI is InChI=1S/C18H25N3O2/c1-3-17-14(7-6-12-23-17)18(22)19-10-11-21-13(2)20-15-8-4-5-9-16(15)21/h4-5,8-9,14,17H,3,6-7,10-12H2,1-2H3,(H,19,22). The van der Waals surface area contributed by atoms with Crippen LogP contribution in [0, 0.1) is 12.8 Å². The molecule has 2 aromatic rings. The van der Waals surface area contributed by atoms with Crippen molar-refractivity contribution in [3.05, 3.63) is 30.1 Å². The van der Waals surface area contributed by atoms with Gasteiger partial charge in [0, 0.05) is 19.7 Å². The van der Waals surface area contributed by atoms with E-state index in [0.29, 0.717) is 6.54 Å². The minimum atomic E-state index is -0.00521. The zero-order valence-electron chi connectivity index (χ0n) is 13.9. The molecule has 0 bridgehead atoms. The van der Waals surface area contributed by atoms with Gasteiger partial charge in [-0.15, -0.1) is 0 Å². The molecule has 2 atom stereocenters. The molecule has 1 fully saturated rings. The molecule has 5 nitrogen and oxygen atoms in total. The summed E-state index contributed by atoms with van der Waals surface area (Å²) in [5.74, 6) is 1.10. The van der Waals surface area contributed by atoms with E-state index in [1.165, 1.54) is 0 Å². The van der Waals surface area contributed by atoms with E-state index in [-0.39, 0.29) is 17.9 Å². The van der Waals surface area contributed by atoms with Crippen LogP contribution in [0.25, 0.3) is 11.0 Å². The second kappa shape index (κ2) is 7.13. The third-order valence-corrected chi connectivity index (χ3v) is 4.66. The molecule has 124 valence electrons. The van der Waals surface area contributed by atoms with E-state index in [9.17, 15) is 4.79 Å². The van der Waals surface area contributed by atoms with Crippen molar-refractivity contribution in [1.82, 2.24) is 14.9 Å². The number of aryl methyl sites for hydroxylation is 1. The number of hydrogen-bond acceptors (Lipinski definition) is 3. The van der Waals surface area contributed by atoms with Crippen LogP contribution >= 0.6 is 0 Å². The molecule has 1 aromatic carbocycles. The highest BCUT2D eigenvalue weighted by Crippen LogP contribution is 2.23. The molecule has 0 saturated carbocycles. The lowest BCUT2D eigenvalue weighted by molar-refractivity contribution is -0.134. The van der Waals surface area contributed by atoms with E-state index >= 15 is 0 Å². The number of amides is 1. The molecule has 0 radical (unpaired) electrons. The molecule has 2 heterocycles. The second-order valence-electron chi connectivity index (χ2n) is 6.16. The van der Waals surface area contributed by atoms with Crippen molar-refractivity contribution in [3.8, 4) is 0 Å². The van der Waals surface area contributed by atoms with Crippen molar-refractivity contribution < 1.29 is 9.53 Å². The predicted octanol–water partition coefficient (Wildman–Crippen LogP) is 2.67. The number of imidazole rings is 1. The van der Waals surface area contributed by atoms with Gasteiger partial charge >= 0.3 is 0 Å². The summed E-state index contributed by atoms with van der Waals surface area (Å²) >= 11 is 0. The quantitative estimate of drug-likeness (QED) is 0.923. The maximum absolute atomic E-state index is 12.4. The number of benzene rings is 1. The molecule has 0 aliphatic carbocycles. The number of ether oxygens (including phenoxy) is 1. The predicted molar refractivity (Wildman–Crippen MR) is 90.2 cm³/mol. The van der Waals surface area contributed by atoms with E-state index in [2.05, 4.69) is 27.9 Å². The first kappa shape index (κ1) is 16.0. The molecule has 0 spiro atoms. The normalized spacial score (nSPS) is 21.5. The van der Waals surface area contributed by atoms with Gasteiger partial charge in [-0.25, -0.2) is 4.98 Å². The van der Waals surface area contributed by atoms with Gasteiger partial charge in [-0.1, -0.05) is 19.1 Å². The molecule has 1 aliphatic rings. The van der Waals surface area contributed by atoms with E-state index < -0.39 is 0 Å². The number of para-hydroxylation sites is 2. The van der Waals surface area contributed by atoms with Crippen LogP contribution in [0.3, 0.4) is 0 Å². The average Bonchev–Trinajstić information content (AvgIpc) is 2.90. The molecule has 1 aliphatic heterocycles. The maximum Gasteiger partial charge on any atom is 0.225 e. The highest BCUT2D eigenvalue weighted by molar-refractivity contribution is 5.79. The van der Waals surface area contributed by atoms with Crippen LogP contribution in [0.1, 0.15) is 32.0 Å². The SMILES string of the molecule is CCC1OCCCC1C(=O)NCCn1c(C)nc2ccccc21. The summed E-state index contributed by atoms with van der Waals surface area (Å²) in [7, 11) is 0. The van der Waals surface area contributed by atoms with Crippen LogP contribution in [0.5, 0.6) is 0 Å². The van der Waals surface area contributed by atoms with Gasteiger partial charge in [0.25, 0.3) is 0 Å². The zero-order valence-corrected chi connectivity index (χ0v) is 13.9. The number of rotatable bonds is 5. The number of nitrogens with zero attached hydrogens (tertiary/aromatic N) is 2. The molecule has 2 unspecified atom stereocenters. The van der Waals surface area contributed by atoms with Crippen molar-refractivity contribution in [2.75, 3.05) is 13.2 Å². The Kier molecular flexibility index (Phi) is 4.96. The first-order valence-corrected chi connectivity index (χ1v) is 8.52. The monoisotopic (exact) mass is 315 g/mol. The first-order chi connectivity index (χ1) is 11.2. The largest absolute Gasteiger partial charge is 0.377 e. The average molecular weight is 315 g/mol. The fraction of sp³-hybridized carbons (Fsp3) is 0.556. The van der Waals surface area contributed by atoms with Gasteiger partial charge in [-0.2, -0.15) is 0 Å². The molecule has 1 saturated heterocycles. The number of hydrogen-bond donors (Lipinski definition) is 1. The summed E-state index contributed by atoms with van der Waals surface area (Å²) in [4.78, 5) is 17.0. The molecule has 3 rings (SSSR count). The van der Waals surface area contributed by atoms with Crippen molar-refractivity contribution in [2.24, 2.45) is 5.92 Å². The third-order valence-electron chi connectivity index (χ3n) is 4.66. The smallest absolute Gasteiger partial charge is 0.225 e. The van der Waals surface area contributed by atoms with Crippen LogP contribution in [0.2, 0.25) is 0 Å². The summed E-state index contributed by atoms with van der Waals surface area (Å²) in [6.45, 7) is 6.22. The highest BCUT2D eigenvalue weighted by Gasteiger charge is 2.30. The minimum absolute atomic E-state index is 0.00521. The van der Waals surface area contributed by atoms with E-state index in [1.54, 1.807) is 0 Å². The summed E-state index contributed by atoms with van der Waals surface area (Å²) in [5, 5.41) is 3.08. The fourth-order valence-electron chi connectivity index (χ4n) is 3.44. The van der Waals surface area contributed by atoms with E-state index in [1.807, 2.05) is 25.1 Å². The molecule has 5 heteroatoms. The van der Waals surface area contributed by atoms with Crippen molar-refractivity contribution in [3.63, 3.8) is 0 Å². The zero-order chi connectivity index (χ0) is 16.2. The van der Waals surface area contributed by atoms with Gasteiger partial charge in [-0.3, -0.25) is 4.79 Å². The first-order valence-electron chi connectivity index (χ1n) is 8.52. The lowest BCUT2D eigenvalue weighted by atomic mass is 9.92. The minimum Gasteiger partial charge on any atom is -0.377 e. The fourth-order valence-corrected chi connectivity index (χ4v) is 3.44. The molecule has 1 amide bonds. The number of aromatic nitrogens is 2. The number of nitrogens with one attached hydrogen (secondary N) is 1. The lowest BCUT2D eigenvalue weighted by Gasteiger charge is -2.30. The van der Waals surface area contributed by atoms with Gasteiger partial charge in [-0.05, 0) is 38.3 Å². The Labute approximate surface area is 137 Å². The Balaban J connectivity index is 1.60.